The fourth-order valence-electron chi connectivity index (χ4n) is 1.91. The number of carboxylic acids is 2. The Labute approximate surface area is 124 Å². The second kappa shape index (κ2) is 6.09. The molecule has 7 heteroatoms. The maximum Gasteiger partial charge on any atom is 0.339 e. The molecule has 6 nitrogen and oxygen atoms in total. The fraction of sp³-hybridized carbons (Fsp3) is 0.286. The Balaban J connectivity index is 1.95. The van der Waals surface area contributed by atoms with Crippen LogP contribution in [0.5, 0.6) is 0 Å². The zero-order valence-electron chi connectivity index (χ0n) is 11.5. The molecule has 0 aliphatic rings. The molecule has 2 aromatic heterocycles. The average molecular weight is 310 g/mol. The van der Waals surface area contributed by atoms with E-state index in [1.165, 1.54) is 23.9 Å². The summed E-state index contributed by atoms with van der Waals surface area (Å²) in [4.78, 5) is 21.8. The predicted molar refractivity (Wildman–Crippen MR) is 75.8 cm³/mol. The summed E-state index contributed by atoms with van der Waals surface area (Å²) in [6.45, 7) is 3.21. The third-order valence-electron chi connectivity index (χ3n) is 2.89. The van der Waals surface area contributed by atoms with Crippen LogP contribution >= 0.6 is 11.8 Å². The molecule has 21 heavy (non-hydrogen) atoms. The number of hydrogen-bond acceptors (Lipinski definition) is 5. The molecule has 2 rings (SSSR count). The summed E-state index contributed by atoms with van der Waals surface area (Å²) in [7, 11) is 0. The van der Waals surface area contributed by atoms with Gasteiger partial charge in [0.05, 0.1) is 11.5 Å². The second-order valence-corrected chi connectivity index (χ2v) is 5.45. The molecule has 2 N–H and O–H groups in total. The van der Waals surface area contributed by atoms with Crippen molar-refractivity contribution in [1.29, 1.82) is 0 Å². The molecule has 0 fully saturated rings. The first-order chi connectivity index (χ1) is 9.88. The van der Waals surface area contributed by atoms with Crippen molar-refractivity contribution in [3.05, 3.63) is 46.3 Å². The van der Waals surface area contributed by atoms with E-state index in [-0.39, 0.29) is 11.1 Å². The average Bonchev–Trinajstić information content (AvgIpc) is 2.93. The van der Waals surface area contributed by atoms with Crippen LogP contribution < -0.4 is 0 Å². The van der Waals surface area contributed by atoms with E-state index in [4.69, 9.17) is 19.0 Å². The topological polar surface area (TPSA) is 101 Å². The number of carbonyl (C=O) groups is 2. The molecule has 0 saturated carbocycles. The van der Waals surface area contributed by atoms with Gasteiger partial charge in [-0.2, -0.15) is 0 Å². The summed E-state index contributed by atoms with van der Waals surface area (Å²) >= 11 is 1.45. The van der Waals surface area contributed by atoms with E-state index in [9.17, 15) is 9.59 Å². The van der Waals surface area contributed by atoms with E-state index in [0.29, 0.717) is 34.5 Å². The van der Waals surface area contributed by atoms with Gasteiger partial charge in [-0.25, -0.2) is 9.59 Å². The zero-order chi connectivity index (χ0) is 15.6. The lowest BCUT2D eigenvalue weighted by molar-refractivity contribution is 0.0684. The maximum absolute atomic E-state index is 10.9. The standard InChI is InChI=1S/C14H14O6S/c1-7-11(13(15)16)3-9(19-7)5-21-6-10-4-12(14(17)18)8(2)20-10/h3-4H,5-6H2,1-2H3,(H,15,16)(H,17,18). The first kappa shape index (κ1) is 15.2. The molecular weight excluding hydrogens is 296 g/mol. The van der Waals surface area contributed by atoms with Crippen molar-refractivity contribution >= 4 is 23.7 Å². The van der Waals surface area contributed by atoms with Gasteiger partial charge in [-0.15, -0.1) is 11.8 Å². The molecule has 0 unspecified atom stereocenters. The molecule has 0 saturated heterocycles. The molecule has 0 aromatic carbocycles. The van der Waals surface area contributed by atoms with E-state index in [2.05, 4.69) is 0 Å². The Morgan fingerprint density at radius 2 is 1.33 bits per heavy atom. The van der Waals surface area contributed by atoms with Crippen LogP contribution in [0.1, 0.15) is 43.8 Å². The van der Waals surface area contributed by atoms with Crippen LogP contribution in [0, 0.1) is 13.8 Å². The Hall–Kier alpha value is -2.15. The molecule has 0 radical (unpaired) electrons. The highest BCUT2D eigenvalue weighted by Crippen LogP contribution is 2.24. The summed E-state index contributed by atoms with van der Waals surface area (Å²) < 4.78 is 10.7. The predicted octanol–water partition coefficient (Wildman–Crippen LogP) is 3.32. The van der Waals surface area contributed by atoms with Crippen LogP contribution in [0.4, 0.5) is 0 Å². The smallest absolute Gasteiger partial charge is 0.339 e. The molecule has 0 bridgehead atoms. The molecule has 0 amide bonds. The van der Waals surface area contributed by atoms with Crippen molar-refractivity contribution in [1.82, 2.24) is 0 Å². The van der Waals surface area contributed by atoms with E-state index in [1.54, 1.807) is 13.8 Å². The molecule has 0 aliphatic carbocycles. The highest BCUT2D eigenvalue weighted by molar-refractivity contribution is 7.97. The molecular formula is C14H14O6S. The van der Waals surface area contributed by atoms with Gasteiger partial charge < -0.3 is 19.0 Å². The number of aryl methyl sites for hydroxylation is 2. The first-order valence-electron chi connectivity index (χ1n) is 6.11. The van der Waals surface area contributed by atoms with Crippen LogP contribution in [0.15, 0.2) is 21.0 Å². The summed E-state index contributed by atoms with van der Waals surface area (Å²) in [6, 6.07) is 3.00. The Morgan fingerprint density at radius 1 is 0.952 bits per heavy atom. The summed E-state index contributed by atoms with van der Waals surface area (Å²) in [5.74, 6) is 0.820. The van der Waals surface area contributed by atoms with Crippen molar-refractivity contribution < 1.29 is 28.6 Å². The third kappa shape index (κ3) is 3.49. The highest BCUT2D eigenvalue weighted by Gasteiger charge is 2.15. The van der Waals surface area contributed by atoms with Crippen LogP contribution in [-0.4, -0.2) is 22.2 Å². The molecule has 112 valence electrons. The Bertz CT molecular complexity index is 623. The van der Waals surface area contributed by atoms with Gasteiger partial charge in [0.2, 0.25) is 0 Å². The molecule has 0 atom stereocenters. The van der Waals surface area contributed by atoms with Crippen molar-refractivity contribution in [3.8, 4) is 0 Å². The van der Waals surface area contributed by atoms with Gasteiger partial charge in [-0.1, -0.05) is 0 Å². The number of hydrogen-bond donors (Lipinski definition) is 2. The van der Waals surface area contributed by atoms with Gasteiger partial charge in [-0.3, -0.25) is 0 Å². The minimum atomic E-state index is -1.01. The van der Waals surface area contributed by atoms with E-state index >= 15 is 0 Å². The normalized spacial score (nSPS) is 10.8. The molecule has 0 aliphatic heterocycles. The lowest BCUT2D eigenvalue weighted by Gasteiger charge is -1.96. The lowest BCUT2D eigenvalue weighted by Crippen LogP contribution is -1.95. The molecule has 0 spiro atoms. The van der Waals surface area contributed by atoms with Crippen molar-refractivity contribution in [2.45, 2.75) is 25.4 Å². The number of thioether (sulfide) groups is 1. The number of aromatic carboxylic acids is 2. The Morgan fingerprint density at radius 3 is 1.62 bits per heavy atom. The summed E-state index contributed by atoms with van der Waals surface area (Å²) in [5, 5.41) is 17.9. The van der Waals surface area contributed by atoms with Gasteiger partial charge >= 0.3 is 11.9 Å². The minimum absolute atomic E-state index is 0.160. The van der Waals surface area contributed by atoms with E-state index < -0.39 is 11.9 Å². The van der Waals surface area contributed by atoms with Crippen LogP contribution in [0.2, 0.25) is 0 Å². The minimum Gasteiger partial charge on any atom is -0.478 e. The highest BCUT2D eigenvalue weighted by atomic mass is 32.2. The van der Waals surface area contributed by atoms with Gasteiger partial charge in [0.1, 0.15) is 34.2 Å². The van der Waals surface area contributed by atoms with Crippen molar-refractivity contribution in [3.63, 3.8) is 0 Å². The number of furan rings is 2. The summed E-state index contributed by atoms with van der Waals surface area (Å²) in [5.41, 5.74) is 0.320. The monoisotopic (exact) mass is 310 g/mol. The maximum atomic E-state index is 10.9. The number of carboxylic acid groups (broad SMARTS) is 2. The molecule has 2 heterocycles. The first-order valence-corrected chi connectivity index (χ1v) is 7.27. The summed E-state index contributed by atoms with van der Waals surface area (Å²) in [6.07, 6.45) is 0. The van der Waals surface area contributed by atoms with E-state index in [1.807, 2.05) is 0 Å². The van der Waals surface area contributed by atoms with E-state index in [0.717, 1.165) is 0 Å². The van der Waals surface area contributed by atoms with Crippen molar-refractivity contribution in [2.75, 3.05) is 0 Å². The van der Waals surface area contributed by atoms with Gasteiger partial charge in [-0.05, 0) is 26.0 Å². The van der Waals surface area contributed by atoms with Crippen LogP contribution in [0.25, 0.3) is 0 Å². The largest absolute Gasteiger partial charge is 0.478 e. The van der Waals surface area contributed by atoms with Gasteiger partial charge in [0.15, 0.2) is 0 Å². The SMILES string of the molecule is Cc1oc(CSCc2cc(C(=O)O)c(C)o2)cc1C(=O)O. The van der Waals surface area contributed by atoms with Crippen LogP contribution in [0.3, 0.4) is 0 Å². The third-order valence-corrected chi connectivity index (χ3v) is 3.86. The fourth-order valence-corrected chi connectivity index (χ4v) is 2.70. The van der Waals surface area contributed by atoms with Gasteiger partial charge in [0, 0.05) is 0 Å². The second-order valence-electron chi connectivity index (χ2n) is 4.47. The quantitative estimate of drug-likeness (QED) is 0.843. The molecule has 2 aromatic rings. The van der Waals surface area contributed by atoms with Crippen LogP contribution in [-0.2, 0) is 11.5 Å². The van der Waals surface area contributed by atoms with Gasteiger partial charge in [0.25, 0.3) is 0 Å². The Kier molecular flexibility index (Phi) is 4.42. The number of rotatable bonds is 6. The van der Waals surface area contributed by atoms with Crippen molar-refractivity contribution in [2.24, 2.45) is 0 Å². The zero-order valence-corrected chi connectivity index (χ0v) is 12.3. The lowest BCUT2D eigenvalue weighted by atomic mass is 10.2.